The second-order valence-electron chi connectivity index (χ2n) is 8.36. The summed E-state index contributed by atoms with van der Waals surface area (Å²) in [6.07, 6.45) is 2.41. The molecule has 0 radical (unpaired) electrons. The molecule has 0 aromatic heterocycles. The summed E-state index contributed by atoms with van der Waals surface area (Å²) < 4.78 is 5.62. The maximum atomic E-state index is 5.62. The minimum absolute atomic E-state index is 0.205. The predicted octanol–water partition coefficient (Wildman–Crippen LogP) is 2.76. The van der Waals surface area contributed by atoms with Crippen molar-refractivity contribution in [2.45, 2.75) is 53.0 Å². The predicted molar refractivity (Wildman–Crippen MR) is 85.0 cm³/mol. The highest BCUT2D eigenvalue weighted by Crippen LogP contribution is 2.34. The first kappa shape index (κ1) is 16.3. The van der Waals surface area contributed by atoms with Crippen molar-refractivity contribution in [3.63, 3.8) is 0 Å². The van der Waals surface area contributed by atoms with Gasteiger partial charge < -0.3 is 15.0 Å². The third kappa shape index (κ3) is 4.44. The smallest absolute Gasteiger partial charge is 0.0472 e. The fourth-order valence-electron chi connectivity index (χ4n) is 3.50. The van der Waals surface area contributed by atoms with Gasteiger partial charge in [0.25, 0.3) is 0 Å². The van der Waals surface area contributed by atoms with Crippen LogP contribution in [0.5, 0.6) is 0 Å². The molecule has 3 heteroatoms. The normalized spacial score (nSPS) is 31.6. The Labute approximate surface area is 125 Å². The quantitative estimate of drug-likeness (QED) is 0.858. The Morgan fingerprint density at radius 1 is 1.10 bits per heavy atom. The molecule has 2 unspecified atom stereocenters. The largest absolute Gasteiger partial charge is 0.381 e. The van der Waals surface area contributed by atoms with Crippen LogP contribution in [0.1, 0.15) is 47.5 Å². The average molecular weight is 282 g/mol. The van der Waals surface area contributed by atoms with Gasteiger partial charge in [-0.25, -0.2) is 0 Å². The van der Waals surface area contributed by atoms with E-state index in [2.05, 4.69) is 44.8 Å². The monoisotopic (exact) mass is 282 g/mol. The second-order valence-corrected chi connectivity index (χ2v) is 8.36. The van der Waals surface area contributed by atoms with Gasteiger partial charge in [0, 0.05) is 44.9 Å². The van der Waals surface area contributed by atoms with E-state index in [9.17, 15) is 0 Å². The molecule has 3 nitrogen and oxygen atoms in total. The number of ether oxygens (including phenoxy) is 1. The fourth-order valence-corrected chi connectivity index (χ4v) is 3.50. The molecule has 0 aliphatic carbocycles. The van der Waals surface area contributed by atoms with Crippen LogP contribution < -0.4 is 5.32 Å². The van der Waals surface area contributed by atoms with Gasteiger partial charge in [-0.15, -0.1) is 0 Å². The number of likely N-dealkylation sites (tertiary alicyclic amines) is 1. The third-order valence-electron chi connectivity index (χ3n) is 5.17. The summed E-state index contributed by atoms with van der Waals surface area (Å²) in [5.74, 6) is 1.70. The molecule has 2 fully saturated rings. The molecule has 2 aliphatic rings. The summed E-state index contributed by atoms with van der Waals surface area (Å²) in [5, 5.41) is 3.75. The number of nitrogens with zero attached hydrogens (tertiary/aromatic N) is 1. The van der Waals surface area contributed by atoms with E-state index in [1.54, 1.807) is 0 Å². The molecule has 0 amide bonds. The first-order valence-electron chi connectivity index (χ1n) is 8.35. The van der Waals surface area contributed by atoms with Gasteiger partial charge in [-0.1, -0.05) is 13.8 Å². The van der Waals surface area contributed by atoms with Gasteiger partial charge in [0.05, 0.1) is 0 Å². The summed E-state index contributed by atoms with van der Waals surface area (Å²) in [6, 6.07) is 0. The van der Waals surface area contributed by atoms with Crippen molar-refractivity contribution in [2.75, 3.05) is 39.4 Å². The molecule has 0 saturated carbocycles. The Balaban J connectivity index is 1.96. The van der Waals surface area contributed by atoms with Crippen molar-refractivity contribution in [1.82, 2.24) is 10.2 Å². The van der Waals surface area contributed by atoms with E-state index in [1.807, 2.05) is 0 Å². The summed E-state index contributed by atoms with van der Waals surface area (Å²) in [7, 11) is 0. The zero-order valence-corrected chi connectivity index (χ0v) is 14.2. The molecule has 2 saturated heterocycles. The van der Waals surface area contributed by atoms with Gasteiger partial charge in [-0.3, -0.25) is 0 Å². The van der Waals surface area contributed by atoms with Crippen LogP contribution in [-0.2, 0) is 4.74 Å². The van der Waals surface area contributed by atoms with Crippen molar-refractivity contribution < 1.29 is 4.74 Å². The van der Waals surface area contributed by atoms with Crippen molar-refractivity contribution in [2.24, 2.45) is 17.3 Å². The lowest BCUT2D eigenvalue weighted by atomic mass is 9.79. The first-order chi connectivity index (χ1) is 9.30. The van der Waals surface area contributed by atoms with Gasteiger partial charge in [0.2, 0.25) is 0 Å². The van der Waals surface area contributed by atoms with Crippen LogP contribution in [0.4, 0.5) is 0 Å². The van der Waals surface area contributed by atoms with Crippen LogP contribution in [0.2, 0.25) is 0 Å². The van der Waals surface area contributed by atoms with Crippen molar-refractivity contribution in [3.05, 3.63) is 0 Å². The van der Waals surface area contributed by atoms with Crippen LogP contribution in [0.15, 0.2) is 0 Å². The molecule has 20 heavy (non-hydrogen) atoms. The molecule has 2 aliphatic heterocycles. The van der Waals surface area contributed by atoms with E-state index in [0.29, 0.717) is 5.41 Å². The highest BCUT2D eigenvalue weighted by molar-refractivity contribution is 4.91. The topological polar surface area (TPSA) is 24.5 Å². The van der Waals surface area contributed by atoms with Gasteiger partial charge >= 0.3 is 0 Å². The Morgan fingerprint density at radius 2 is 1.65 bits per heavy atom. The van der Waals surface area contributed by atoms with Crippen molar-refractivity contribution >= 4 is 0 Å². The molecule has 2 heterocycles. The SMILES string of the molecule is CC1CN(CC2(CNC(C)(C)C)CCOCC2)CC1C. The molecule has 0 bridgehead atoms. The van der Waals surface area contributed by atoms with E-state index in [0.717, 1.165) is 31.6 Å². The molecule has 2 rings (SSSR count). The lowest BCUT2D eigenvalue weighted by Crippen LogP contribution is -2.50. The van der Waals surface area contributed by atoms with Gasteiger partial charge in [0.1, 0.15) is 0 Å². The maximum absolute atomic E-state index is 5.62. The number of rotatable bonds is 4. The summed E-state index contributed by atoms with van der Waals surface area (Å²) in [4.78, 5) is 2.70. The average Bonchev–Trinajstić information content (AvgIpc) is 2.66. The minimum Gasteiger partial charge on any atom is -0.381 e. The second kappa shape index (κ2) is 6.33. The Hall–Kier alpha value is -0.120. The standard InChI is InChI=1S/C17H34N2O/c1-14-10-19(11-15(14)2)13-17(6-8-20-9-7-17)12-18-16(3,4)5/h14-15,18H,6-13H2,1-5H3. The fraction of sp³-hybridized carbons (Fsp3) is 1.00. The van der Waals surface area contributed by atoms with Crippen LogP contribution in [-0.4, -0.2) is 49.8 Å². The Morgan fingerprint density at radius 3 is 2.15 bits per heavy atom. The number of hydrogen-bond acceptors (Lipinski definition) is 3. The molecule has 0 aromatic carbocycles. The zero-order valence-electron chi connectivity index (χ0n) is 14.2. The molecular formula is C17H34N2O. The first-order valence-corrected chi connectivity index (χ1v) is 8.35. The van der Waals surface area contributed by atoms with Gasteiger partial charge in [0.15, 0.2) is 0 Å². The highest BCUT2D eigenvalue weighted by Gasteiger charge is 2.37. The molecule has 2 atom stereocenters. The maximum Gasteiger partial charge on any atom is 0.0472 e. The molecule has 1 N–H and O–H groups in total. The Bertz CT molecular complexity index is 295. The Kier molecular flexibility index (Phi) is 5.14. The van der Waals surface area contributed by atoms with Gasteiger partial charge in [-0.2, -0.15) is 0 Å². The van der Waals surface area contributed by atoms with E-state index < -0.39 is 0 Å². The lowest BCUT2D eigenvalue weighted by molar-refractivity contribution is -0.00437. The zero-order chi connectivity index (χ0) is 14.8. The van der Waals surface area contributed by atoms with E-state index >= 15 is 0 Å². The number of nitrogens with one attached hydrogen (secondary N) is 1. The van der Waals surface area contributed by atoms with Crippen LogP contribution in [0.25, 0.3) is 0 Å². The molecule has 0 aromatic rings. The van der Waals surface area contributed by atoms with Crippen molar-refractivity contribution in [3.8, 4) is 0 Å². The molecule has 0 spiro atoms. The van der Waals surface area contributed by atoms with E-state index in [4.69, 9.17) is 4.74 Å². The van der Waals surface area contributed by atoms with Gasteiger partial charge in [-0.05, 0) is 50.9 Å². The summed E-state index contributed by atoms with van der Waals surface area (Å²) in [5.41, 5.74) is 0.617. The number of hydrogen-bond donors (Lipinski definition) is 1. The van der Waals surface area contributed by atoms with E-state index in [-0.39, 0.29) is 5.54 Å². The van der Waals surface area contributed by atoms with Crippen molar-refractivity contribution in [1.29, 1.82) is 0 Å². The van der Waals surface area contributed by atoms with Crippen LogP contribution in [0, 0.1) is 17.3 Å². The highest BCUT2D eigenvalue weighted by atomic mass is 16.5. The lowest BCUT2D eigenvalue weighted by Gasteiger charge is -2.42. The minimum atomic E-state index is 0.205. The van der Waals surface area contributed by atoms with Crippen LogP contribution in [0.3, 0.4) is 0 Å². The van der Waals surface area contributed by atoms with Crippen LogP contribution >= 0.6 is 0 Å². The molecule has 118 valence electrons. The summed E-state index contributed by atoms with van der Waals surface area (Å²) in [6.45, 7) is 18.4. The molecular weight excluding hydrogens is 248 g/mol. The summed E-state index contributed by atoms with van der Waals surface area (Å²) >= 11 is 0. The van der Waals surface area contributed by atoms with E-state index in [1.165, 1.54) is 32.5 Å². The third-order valence-corrected chi connectivity index (χ3v) is 5.17.